The molecule has 0 aliphatic heterocycles. The minimum Gasteiger partial charge on any atom is -0.314 e. The van der Waals surface area contributed by atoms with E-state index in [1.807, 2.05) is 23.2 Å². The number of nitrogens with one attached hydrogen (secondary N) is 1. The quantitative estimate of drug-likeness (QED) is 0.883. The third kappa shape index (κ3) is 3.14. The van der Waals surface area contributed by atoms with Gasteiger partial charge in [0.05, 0.1) is 4.88 Å². The van der Waals surface area contributed by atoms with Crippen LogP contribution in [0.25, 0.3) is 10.7 Å². The molecule has 4 nitrogen and oxygen atoms in total. The molecule has 0 spiro atoms. The van der Waals surface area contributed by atoms with Gasteiger partial charge in [-0.15, -0.1) is 11.3 Å². The van der Waals surface area contributed by atoms with Crippen molar-refractivity contribution in [1.82, 2.24) is 20.1 Å². The van der Waals surface area contributed by atoms with E-state index in [0.29, 0.717) is 6.04 Å². The van der Waals surface area contributed by atoms with Gasteiger partial charge < -0.3 is 5.32 Å². The second kappa shape index (κ2) is 5.42. The van der Waals surface area contributed by atoms with Gasteiger partial charge in [0, 0.05) is 26.1 Å². The molecule has 0 fully saturated rings. The first-order chi connectivity index (χ1) is 8.16. The second-order valence-corrected chi connectivity index (χ2v) is 5.26. The van der Waals surface area contributed by atoms with Gasteiger partial charge >= 0.3 is 0 Å². The Bertz CT molecular complexity index is 459. The summed E-state index contributed by atoms with van der Waals surface area (Å²) < 4.78 is 1.87. The summed E-state index contributed by atoms with van der Waals surface area (Å²) in [6.45, 7) is 5.23. The van der Waals surface area contributed by atoms with Crippen LogP contribution in [0.5, 0.6) is 0 Å². The Morgan fingerprint density at radius 2 is 2.29 bits per heavy atom. The highest BCUT2D eigenvalue weighted by atomic mass is 32.1. The van der Waals surface area contributed by atoms with Crippen molar-refractivity contribution in [3.63, 3.8) is 0 Å². The summed E-state index contributed by atoms with van der Waals surface area (Å²) in [4.78, 5) is 5.70. The lowest BCUT2D eigenvalue weighted by atomic mass is 10.3. The number of hydrogen-bond acceptors (Lipinski definition) is 4. The monoisotopic (exact) mass is 250 g/mol. The summed E-state index contributed by atoms with van der Waals surface area (Å²) in [5.41, 5.74) is 0. The highest BCUT2D eigenvalue weighted by molar-refractivity contribution is 7.13. The van der Waals surface area contributed by atoms with Crippen LogP contribution in [0.1, 0.15) is 19.7 Å². The second-order valence-electron chi connectivity index (χ2n) is 4.31. The van der Waals surface area contributed by atoms with Gasteiger partial charge in [0.2, 0.25) is 0 Å². The first-order valence-corrected chi connectivity index (χ1v) is 6.72. The zero-order valence-corrected chi connectivity index (χ0v) is 11.3. The molecule has 17 heavy (non-hydrogen) atoms. The van der Waals surface area contributed by atoms with Crippen LogP contribution in [-0.2, 0) is 13.5 Å². The largest absolute Gasteiger partial charge is 0.314 e. The fourth-order valence-corrected chi connectivity index (χ4v) is 2.27. The van der Waals surface area contributed by atoms with Gasteiger partial charge in [-0.25, -0.2) is 4.98 Å². The summed E-state index contributed by atoms with van der Waals surface area (Å²) in [5.74, 6) is 1.86. The van der Waals surface area contributed by atoms with Crippen LogP contribution in [-0.4, -0.2) is 27.4 Å². The van der Waals surface area contributed by atoms with Crippen LogP contribution in [0.3, 0.4) is 0 Å². The van der Waals surface area contributed by atoms with Gasteiger partial charge in [0.25, 0.3) is 0 Å². The maximum atomic E-state index is 4.57. The van der Waals surface area contributed by atoms with Crippen molar-refractivity contribution in [2.24, 2.45) is 7.05 Å². The van der Waals surface area contributed by atoms with Crippen LogP contribution in [0.4, 0.5) is 0 Å². The number of nitrogens with zero attached hydrogens (tertiary/aromatic N) is 3. The van der Waals surface area contributed by atoms with Crippen LogP contribution >= 0.6 is 11.3 Å². The zero-order valence-electron chi connectivity index (χ0n) is 10.5. The molecule has 0 aromatic carbocycles. The molecule has 0 radical (unpaired) electrons. The number of rotatable bonds is 5. The van der Waals surface area contributed by atoms with Gasteiger partial charge in [0.15, 0.2) is 5.82 Å². The summed E-state index contributed by atoms with van der Waals surface area (Å²) in [6, 6.07) is 4.59. The van der Waals surface area contributed by atoms with Crippen LogP contribution in [0, 0.1) is 0 Å². The first kappa shape index (κ1) is 12.3. The van der Waals surface area contributed by atoms with Gasteiger partial charge in [-0.05, 0) is 11.4 Å². The molecule has 0 atom stereocenters. The lowest BCUT2D eigenvalue weighted by Gasteiger charge is -2.06. The number of thiophene rings is 1. The molecule has 0 bridgehead atoms. The van der Waals surface area contributed by atoms with Crippen molar-refractivity contribution in [2.45, 2.75) is 26.3 Å². The van der Waals surface area contributed by atoms with Crippen LogP contribution < -0.4 is 5.32 Å². The molecule has 2 aromatic heterocycles. The minimum atomic E-state index is 0.514. The number of hydrogen-bond donors (Lipinski definition) is 1. The molecule has 0 saturated heterocycles. The Labute approximate surface area is 106 Å². The van der Waals surface area contributed by atoms with E-state index in [1.54, 1.807) is 11.3 Å². The summed E-state index contributed by atoms with van der Waals surface area (Å²) in [6.07, 6.45) is 0.910. The van der Waals surface area contributed by atoms with Gasteiger partial charge in [-0.1, -0.05) is 19.9 Å². The molecular formula is C12H18N4S. The summed E-state index contributed by atoms with van der Waals surface area (Å²) in [5, 5.41) is 9.87. The van der Waals surface area contributed by atoms with E-state index in [1.165, 1.54) is 0 Å². The fourth-order valence-electron chi connectivity index (χ4n) is 1.62. The average Bonchev–Trinajstić information content (AvgIpc) is 2.87. The molecule has 0 unspecified atom stereocenters. The zero-order chi connectivity index (χ0) is 12.3. The van der Waals surface area contributed by atoms with Gasteiger partial charge in [0.1, 0.15) is 5.82 Å². The van der Waals surface area contributed by atoms with Crippen molar-refractivity contribution in [3.05, 3.63) is 23.3 Å². The molecule has 2 aromatic rings. The third-order valence-electron chi connectivity index (χ3n) is 2.50. The Hall–Kier alpha value is -1.20. The van der Waals surface area contributed by atoms with Crippen molar-refractivity contribution in [1.29, 1.82) is 0 Å². The van der Waals surface area contributed by atoms with E-state index in [4.69, 9.17) is 0 Å². The van der Waals surface area contributed by atoms with E-state index in [9.17, 15) is 0 Å². The Balaban J connectivity index is 2.04. The van der Waals surface area contributed by atoms with E-state index in [0.717, 1.165) is 29.5 Å². The normalized spacial score (nSPS) is 11.3. The van der Waals surface area contributed by atoms with Crippen molar-refractivity contribution >= 4 is 11.3 Å². The summed E-state index contributed by atoms with van der Waals surface area (Å²) in [7, 11) is 1.95. The molecule has 0 amide bonds. The van der Waals surface area contributed by atoms with E-state index < -0.39 is 0 Å². The summed E-state index contributed by atoms with van der Waals surface area (Å²) >= 11 is 1.67. The third-order valence-corrected chi connectivity index (χ3v) is 3.36. The molecular weight excluding hydrogens is 232 g/mol. The first-order valence-electron chi connectivity index (χ1n) is 5.84. The molecule has 0 aliphatic carbocycles. The minimum absolute atomic E-state index is 0.514. The predicted octanol–water partition coefficient (Wildman–Crippen LogP) is 2.08. The van der Waals surface area contributed by atoms with E-state index in [-0.39, 0.29) is 0 Å². The van der Waals surface area contributed by atoms with Gasteiger partial charge in [-0.2, -0.15) is 5.10 Å². The molecule has 0 saturated carbocycles. The predicted molar refractivity (Wildman–Crippen MR) is 71.2 cm³/mol. The Morgan fingerprint density at radius 1 is 1.47 bits per heavy atom. The lowest BCUT2D eigenvalue weighted by molar-refractivity contribution is 0.571. The van der Waals surface area contributed by atoms with Gasteiger partial charge in [-0.3, -0.25) is 4.68 Å². The topological polar surface area (TPSA) is 42.7 Å². The fraction of sp³-hybridized carbons (Fsp3) is 0.500. The lowest BCUT2D eigenvalue weighted by Crippen LogP contribution is -2.25. The molecule has 5 heteroatoms. The standard InChI is InChI=1S/C12H18N4S/c1-9(2)13-7-6-11-14-12(15-16(11)3)10-5-4-8-17-10/h4-5,8-9,13H,6-7H2,1-3H3. The maximum absolute atomic E-state index is 4.57. The SMILES string of the molecule is CC(C)NCCc1nc(-c2cccs2)nn1C. The molecule has 0 aliphatic rings. The van der Waals surface area contributed by atoms with Crippen molar-refractivity contribution in [3.8, 4) is 10.7 Å². The van der Waals surface area contributed by atoms with Crippen molar-refractivity contribution < 1.29 is 0 Å². The molecule has 2 rings (SSSR count). The highest BCUT2D eigenvalue weighted by Gasteiger charge is 2.09. The molecule has 2 heterocycles. The maximum Gasteiger partial charge on any atom is 0.191 e. The number of aryl methyl sites for hydroxylation is 1. The molecule has 1 N–H and O–H groups in total. The van der Waals surface area contributed by atoms with E-state index >= 15 is 0 Å². The molecule has 92 valence electrons. The Morgan fingerprint density at radius 3 is 2.94 bits per heavy atom. The Kier molecular flexibility index (Phi) is 3.91. The van der Waals surface area contributed by atoms with Crippen LogP contribution in [0.2, 0.25) is 0 Å². The van der Waals surface area contributed by atoms with E-state index in [2.05, 4.69) is 35.3 Å². The smallest absolute Gasteiger partial charge is 0.191 e. The highest BCUT2D eigenvalue weighted by Crippen LogP contribution is 2.21. The van der Waals surface area contributed by atoms with Crippen LogP contribution in [0.15, 0.2) is 17.5 Å². The van der Waals surface area contributed by atoms with Crippen molar-refractivity contribution in [2.75, 3.05) is 6.54 Å². The average molecular weight is 250 g/mol. The number of aromatic nitrogens is 3.